The second-order valence-electron chi connectivity index (χ2n) is 10.1. The maximum atomic E-state index is 4.70. The maximum Gasteiger partial charge on any atom is 0.137 e. The highest BCUT2D eigenvalue weighted by atomic mass is 15.2. The summed E-state index contributed by atoms with van der Waals surface area (Å²) in [5, 5.41) is 0. The van der Waals surface area contributed by atoms with E-state index in [4.69, 9.17) is 4.98 Å². The molecular weight excluding hydrogens is 426 g/mol. The van der Waals surface area contributed by atoms with Gasteiger partial charge in [-0.15, -0.1) is 0 Å². The van der Waals surface area contributed by atoms with Crippen molar-refractivity contribution in [1.29, 1.82) is 0 Å². The van der Waals surface area contributed by atoms with Crippen molar-refractivity contribution in [3.8, 4) is 0 Å². The first kappa shape index (κ1) is 20.3. The number of allylic oxidation sites excluding steroid dienone is 4. The first-order chi connectivity index (χ1) is 17.1. The van der Waals surface area contributed by atoms with Crippen molar-refractivity contribution < 1.29 is 0 Å². The smallest absolute Gasteiger partial charge is 0.137 e. The van der Waals surface area contributed by atoms with E-state index >= 15 is 0 Å². The van der Waals surface area contributed by atoms with Crippen LogP contribution < -0.4 is 9.80 Å². The first-order valence-corrected chi connectivity index (χ1v) is 12.4. The van der Waals surface area contributed by atoms with Crippen molar-refractivity contribution in [3.63, 3.8) is 0 Å². The number of anilines is 5. The zero-order valence-corrected chi connectivity index (χ0v) is 20.0. The number of pyridine rings is 1. The summed E-state index contributed by atoms with van der Waals surface area (Å²) in [6.45, 7) is 4.73. The number of aromatic nitrogens is 1. The fourth-order valence-electron chi connectivity index (χ4n) is 6.16. The third kappa shape index (κ3) is 2.88. The Morgan fingerprint density at radius 2 is 1.63 bits per heavy atom. The van der Waals surface area contributed by atoms with Gasteiger partial charge in [0.1, 0.15) is 5.82 Å². The van der Waals surface area contributed by atoms with Crippen LogP contribution in [-0.2, 0) is 5.41 Å². The van der Waals surface area contributed by atoms with Crippen LogP contribution in [0.1, 0.15) is 37.3 Å². The van der Waals surface area contributed by atoms with Crippen molar-refractivity contribution in [1.82, 2.24) is 4.98 Å². The molecule has 0 N–H and O–H groups in total. The molecule has 0 radical (unpaired) electrons. The predicted octanol–water partition coefficient (Wildman–Crippen LogP) is 8.29. The second kappa shape index (κ2) is 7.44. The van der Waals surface area contributed by atoms with Gasteiger partial charge >= 0.3 is 0 Å². The van der Waals surface area contributed by atoms with Gasteiger partial charge in [0.05, 0.1) is 0 Å². The Morgan fingerprint density at radius 3 is 2.46 bits per heavy atom. The quantitative estimate of drug-likeness (QED) is 0.311. The second-order valence-corrected chi connectivity index (χ2v) is 10.1. The third-order valence-electron chi connectivity index (χ3n) is 7.77. The molecule has 2 aliphatic heterocycles. The number of benzene rings is 3. The predicted molar refractivity (Wildman–Crippen MR) is 144 cm³/mol. The molecule has 3 heteroatoms. The monoisotopic (exact) mass is 453 g/mol. The Labute approximate surface area is 206 Å². The van der Waals surface area contributed by atoms with E-state index in [-0.39, 0.29) is 5.41 Å². The maximum absolute atomic E-state index is 4.70. The molecule has 0 amide bonds. The molecule has 1 aliphatic carbocycles. The van der Waals surface area contributed by atoms with E-state index in [1.807, 2.05) is 18.3 Å². The summed E-state index contributed by atoms with van der Waals surface area (Å²) >= 11 is 0. The average Bonchev–Trinajstić information content (AvgIpc) is 3.23. The van der Waals surface area contributed by atoms with Crippen LogP contribution in [0, 0.1) is 0 Å². The van der Waals surface area contributed by atoms with Crippen molar-refractivity contribution in [2.75, 3.05) is 9.80 Å². The van der Waals surface area contributed by atoms with Gasteiger partial charge in [0.15, 0.2) is 0 Å². The molecule has 170 valence electrons. The van der Waals surface area contributed by atoms with Crippen LogP contribution in [0.2, 0.25) is 0 Å². The molecule has 4 aromatic rings. The molecule has 3 aromatic carbocycles. The molecular formula is C32H27N3. The van der Waals surface area contributed by atoms with Gasteiger partial charge in [-0.1, -0.05) is 68.5 Å². The van der Waals surface area contributed by atoms with Crippen LogP contribution in [0.3, 0.4) is 0 Å². The van der Waals surface area contributed by atoms with E-state index in [9.17, 15) is 0 Å². The number of para-hydroxylation sites is 2. The first-order valence-electron chi connectivity index (χ1n) is 12.4. The van der Waals surface area contributed by atoms with Gasteiger partial charge in [0.25, 0.3) is 0 Å². The number of hydrogen-bond donors (Lipinski definition) is 0. The van der Waals surface area contributed by atoms with Gasteiger partial charge in [-0.2, -0.15) is 0 Å². The van der Waals surface area contributed by atoms with Crippen molar-refractivity contribution in [2.24, 2.45) is 0 Å². The molecule has 3 heterocycles. The van der Waals surface area contributed by atoms with E-state index in [1.165, 1.54) is 33.8 Å². The molecule has 3 nitrogen and oxygen atoms in total. The normalized spacial score (nSPS) is 18.7. The van der Waals surface area contributed by atoms with E-state index in [1.54, 1.807) is 0 Å². The number of nitrogens with zero attached hydrogens (tertiary/aromatic N) is 3. The zero-order valence-electron chi connectivity index (χ0n) is 20.0. The van der Waals surface area contributed by atoms with Crippen molar-refractivity contribution >= 4 is 28.6 Å². The topological polar surface area (TPSA) is 19.4 Å². The Balaban J connectivity index is 1.44. The minimum atomic E-state index is -0.0213. The Morgan fingerprint density at radius 1 is 0.829 bits per heavy atom. The van der Waals surface area contributed by atoms with Crippen LogP contribution >= 0.6 is 0 Å². The highest BCUT2D eigenvalue weighted by Gasteiger charge is 2.46. The standard InChI is InChI=1S/C32H27N3/c1-32(2)26-14-6-7-16-29(26)35-28-19-18-23(21-25(28)24-13-10-15-27(32)31(24)35)34(22-11-4-3-5-12-22)30-17-8-9-20-33-30/h3-12,14-21,24H,13H2,1-2H3. The van der Waals surface area contributed by atoms with Crippen LogP contribution in [0.5, 0.6) is 0 Å². The Hall–Kier alpha value is -4.11. The minimum Gasteiger partial charge on any atom is -0.313 e. The summed E-state index contributed by atoms with van der Waals surface area (Å²) in [4.78, 5) is 9.48. The molecule has 0 saturated heterocycles. The summed E-state index contributed by atoms with van der Waals surface area (Å²) in [5.41, 5.74) is 10.5. The minimum absolute atomic E-state index is 0.0213. The molecule has 1 unspecified atom stereocenters. The summed E-state index contributed by atoms with van der Waals surface area (Å²) in [5.74, 6) is 1.28. The molecule has 1 aromatic heterocycles. The number of hydrogen-bond acceptors (Lipinski definition) is 3. The lowest BCUT2D eigenvalue weighted by molar-refractivity contribution is 0.598. The average molecular weight is 454 g/mol. The molecule has 1 atom stereocenters. The summed E-state index contributed by atoms with van der Waals surface area (Å²) < 4.78 is 0. The largest absolute Gasteiger partial charge is 0.313 e. The summed E-state index contributed by atoms with van der Waals surface area (Å²) in [7, 11) is 0. The Kier molecular flexibility index (Phi) is 4.31. The molecule has 0 saturated carbocycles. The number of rotatable bonds is 3. The fraction of sp³-hybridized carbons (Fsp3) is 0.156. The van der Waals surface area contributed by atoms with Crippen LogP contribution in [0.4, 0.5) is 28.6 Å². The van der Waals surface area contributed by atoms with Gasteiger partial charge in [0.2, 0.25) is 0 Å². The van der Waals surface area contributed by atoms with E-state index in [0.29, 0.717) is 5.92 Å². The van der Waals surface area contributed by atoms with Gasteiger partial charge < -0.3 is 4.90 Å². The lowest BCUT2D eigenvalue weighted by Crippen LogP contribution is -2.33. The molecule has 0 bridgehead atoms. The zero-order chi connectivity index (χ0) is 23.6. The van der Waals surface area contributed by atoms with E-state index in [2.05, 4.69) is 115 Å². The highest BCUT2D eigenvalue weighted by Crippen LogP contribution is 2.60. The Bertz CT molecular complexity index is 1460. The number of fused-ring (bicyclic) bond motifs is 5. The van der Waals surface area contributed by atoms with Crippen molar-refractivity contribution in [3.05, 3.63) is 132 Å². The van der Waals surface area contributed by atoms with Crippen LogP contribution in [-0.4, -0.2) is 4.98 Å². The third-order valence-corrected chi connectivity index (χ3v) is 7.77. The fourth-order valence-corrected chi connectivity index (χ4v) is 6.16. The SMILES string of the molecule is CC1(C)C2=C3C(CC=C2)c2cc(N(c4ccccc4)c4ccccn4)ccc2N3c2ccccc21. The van der Waals surface area contributed by atoms with E-state index in [0.717, 1.165) is 23.6 Å². The van der Waals surface area contributed by atoms with Crippen molar-refractivity contribution in [2.45, 2.75) is 31.6 Å². The van der Waals surface area contributed by atoms with Crippen LogP contribution in [0.25, 0.3) is 0 Å². The van der Waals surface area contributed by atoms with Gasteiger partial charge in [-0.25, -0.2) is 4.98 Å². The van der Waals surface area contributed by atoms with E-state index < -0.39 is 0 Å². The highest BCUT2D eigenvalue weighted by molar-refractivity contribution is 5.87. The lowest BCUT2D eigenvalue weighted by atomic mass is 9.70. The van der Waals surface area contributed by atoms with Gasteiger partial charge in [-0.3, -0.25) is 4.90 Å². The van der Waals surface area contributed by atoms with Crippen LogP contribution in [0.15, 0.2) is 121 Å². The molecule has 3 aliphatic rings. The molecule has 0 spiro atoms. The molecule has 7 rings (SSSR count). The molecule has 0 fully saturated rings. The van der Waals surface area contributed by atoms with Gasteiger partial charge in [0, 0.05) is 46.0 Å². The van der Waals surface area contributed by atoms with Gasteiger partial charge in [-0.05, 0) is 71.7 Å². The summed E-state index contributed by atoms with van der Waals surface area (Å²) in [6.07, 6.45) is 7.62. The lowest BCUT2D eigenvalue weighted by Gasteiger charge is -2.42. The summed E-state index contributed by atoms with van der Waals surface area (Å²) in [6, 6.07) is 32.5. The molecule has 35 heavy (non-hydrogen) atoms.